The van der Waals surface area contributed by atoms with Gasteiger partial charge in [0.15, 0.2) is 0 Å². The first-order valence-corrected chi connectivity index (χ1v) is 4.49. The number of carboxylic acids is 1. The Morgan fingerprint density at radius 1 is 1.46 bits per heavy atom. The second kappa shape index (κ2) is 3.60. The lowest BCUT2D eigenvalue weighted by Crippen LogP contribution is -2.25. The van der Waals surface area contributed by atoms with Crippen molar-refractivity contribution in [2.24, 2.45) is 0 Å². The van der Waals surface area contributed by atoms with Crippen LogP contribution in [0.4, 0.5) is 0 Å². The molecule has 4 heteroatoms. The van der Waals surface area contributed by atoms with Crippen LogP contribution in [0.2, 0.25) is 5.02 Å². The molecule has 0 spiro atoms. The zero-order valence-corrected chi connectivity index (χ0v) is 8.64. The summed E-state index contributed by atoms with van der Waals surface area (Å²) in [5, 5.41) is 9.44. The molecule has 0 aliphatic carbocycles. The lowest BCUT2D eigenvalue weighted by Gasteiger charge is -2.18. The molecule has 1 rings (SSSR count). The van der Waals surface area contributed by atoms with Crippen molar-refractivity contribution in [3.05, 3.63) is 34.9 Å². The van der Waals surface area contributed by atoms with Gasteiger partial charge in [0.05, 0.1) is 0 Å². The van der Waals surface area contributed by atoms with Gasteiger partial charge in [-0.25, -0.2) is 0 Å². The van der Waals surface area contributed by atoms with E-state index < -0.39 is 10.7 Å². The molecule has 0 fully saturated rings. The number of hydrogen-bond donors (Lipinski definition) is 2. The van der Waals surface area contributed by atoms with Crippen LogP contribution >= 0.6 is 24.2 Å². The molecule has 13 heavy (non-hydrogen) atoms. The molecule has 0 amide bonds. The van der Waals surface area contributed by atoms with Crippen molar-refractivity contribution >= 4 is 30.2 Å². The van der Waals surface area contributed by atoms with Gasteiger partial charge in [0, 0.05) is 5.02 Å². The van der Waals surface area contributed by atoms with Crippen molar-refractivity contribution in [2.75, 3.05) is 0 Å². The minimum absolute atomic E-state index is 0.582. The van der Waals surface area contributed by atoms with Gasteiger partial charge < -0.3 is 5.11 Å². The van der Waals surface area contributed by atoms with Gasteiger partial charge >= 0.3 is 5.97 Å². The van der Waals surface area contributed by atoms with Crippen molar-refractivity contribution in [3.8, 4) is 0 Å². The van der Waals surface area contributed by atoms with Crippen LogP contribution in [0, 0.1) is 0 Å². The molecule has 0 aliphatic heterocycles. The monoisotopic (exact) mass is 216 g/mol. The summed E-state index contributed by atoms with van der Waals surface area (Å²) in [6, 6.07) is 6.61. The molecule has 1 aromatic rings. The van der Waals surface area contributed by atoms with Gasteiger partial charge in [0.25, 0.3) is 0 Å². The van der Waals surface area contributed by atoms with Crippen molar-refractivity contribution < 1.29 is 9.90 Å². The Balaban J connectivity index is 3.08. The van der Waals surface area contributed by atoms with Gasteiger partial charge in [-0.3, -0.25) is 4.79 Å². The molecule has 0 heterocycles. The van der Waals surface area contributed by atoms with E-state index in [-0.39, 0.29) is 0 Å². The molecule has 1 aromatic carbocycles. The molecule has 70 valence electrons. The van der Waals surface area contributed by atoms with Crippen LogP contribution < -0.4 is 0 Å². The number of benzene rings is 1. The Bertz CT molecular complexity index is 319. The van der Waals surface area contributed by atoms with Gasteiger partial charge in [0.2, 0.25) is 0 Å². The second-order valence-corrected chi connectivity index (χ2v) is 4.22. The fourth-order valence-electron chi connectivity index (χ4n) is 0.898. The molecular formula is C9H9ClO2S. The zero-order valence-electron chi connectivity index (χ0n) is 6.99. The molecular weight excluding hydrogens is 208 g/mol. The molecule has 1 atom stereocenters. The minimum atomic E-state index is -1.16. The standard InChI is InChI=1S/C9H9ClO2S/c1-9(13,8(11)12)6-2-4-7(10)5-3-6/h2-5,13H,1H3,(H,11,12). The molecule has 0 radical (unpaired) electrons. The highest BCUT2D eigenvalue weighted by atomic mass is 35.5. The summed E-state index contributed by atoms with van der Waals surface area (Å²) in [6.07, 6.45) is 0. The first-order chi connectivity index (χ1) is 5.94. The van der Waals surface area contributed by atoms with Crippen LogP contribution in [-0.2, 0) is 9.54 Å². The van der Waals surface area contributed by atoms with Gasteiger partial charge in [-0.05, 0) is 24.6 Å². The third-order valence-electron chi connectivity index (χ3n) is 1.82. The van der Waals surface area contributed by atoms with Gasteiger partial charge in [-0.15, -0.1) is 0 Å². The van der Waals surface area contributed by atoms with Crippen molar-refractivity contribution in [2.45, 2.75) is 11.7 Å². The Morgan fingerprint density at radius 2 is 1.92 bits per heavy atom. The second-order valence-electron chi connectivity index (χ2n) is 2.88. The summed E-state index contributed by atoms with van der Waals surface area (Å²) < 4.78 is -1.16. The van der Waals surface area contributed by atoms with Gasteiger partial charge in [-0.2, -0.15) is 12.6 Å². The van der Waals surface area contributed by atoms with Crippen LogP contribution in [0.5, 0.6) is 0 Å². The van der Waals surface area contributed by atoms with E-state index in [1.807, 2.05) is 0 Å². The fraction of sp³-hybridized carbons (Fsp3) is 0.222. The minimum Gasteiger partial charge on any atom is -0.480 e. The first-order valence-electron chi connectivity index (χ1n) is 3.66. The lowest BCUT2D eigenvalue weighted by molar-refractivity contribution is -0.139. The summed E-state index contributed by atoms with van der Waals surface area (Å²) >= 11 is 9.73. The third-order valence-corrected chi connectivity index (χ3v) is 2.52. The van der Waals surface area contributed by atoms with E-state index in [0.29, 0.717) is 10.6 Å². The SMILES string of the molecule is CC(S)(C(=O)O)c1ccc(Cl)cc1. The van der Waals surface area contributed by atoms with Crippen LogP contribution in [0.3, 0.4) is 0 Å². The van der Waals surface area contributed by atoms with Crippen molar-refractivity contribution in [1.82, 2.24) is 0 Å². The Hall–Kier alpha value is -0.670. The van der Waals surface area contributed by atoms with E-state index in [1.54, 1.807) is 24.3 Å². The summed E-state index contributed by atoms with van der Waals surface area (Å²) in [7, 11) is 0. The quantitative estimate of drug-likeness (QED) is 0.746. The van der Waals surface area contributed by atoms with Crippen LogP contribution in [0.1, 0.15) is 12.5 Å². The molecule has 0 aromatic heterocycles. The number of hydrogen-bond acceptors (Lipinski definition) is 2. The van der Waals surface area contributed by atoms with Crippen LogP contribution in [0.15, 0.2) is 24.3 Å². The first kappa shape index (κ1) is 10.4. The lowest BCUT2D eigenvalue weighted by atomic mass is 10.0. The molecule has 0 saturated carbocycles. The van der Waals surface area contributed by atoms with Gasteiger partial charge in [0.1, 0.15) is 4.75 Å². The maximum atomic E-state index is 10.8. The summed E-state index contributed by atoms with van der Waals surface area (Å²) in [5.41, 5.74) is 0.618. The fourth-order valence-corrected chi connectivity index (χ4v) is 1.17. The Morgan fingerprint density at radius 3 is 2.31 bits per heavy atom. The highest BCUT2D eigenvalue weighted by Gasteiger charge is 2.30. The van der Waals surface area contributed by atoms with E-state index >= 15 is 0 Å². The number of aliphatic carboxylic acids is 1. The topological polar surface area (TPSA) is 37.3 Å². The predicted molar refractivity (Wildman–Crippen MR) is 55.4 cm³/mol. The molecule has 0 bridgehead atoms. The average Bonchev–Trinajstić information content (AvgIpc) is 2.04. The Labute approximate surface area is 86.9 Å². The summed E-state index contributed by atoms with van der Waals surface area (Å²) in [5.74, 6) is -0.974. The van der Waals surface area contributed by atoms with Crippen molar-refractivity contribution in [3.63, 3.8) is 0 Å². The Kier molecular flexibility index (Phi) is 2.88. The predicted octanol–water partition coefficient (Wildman–Crippen LogP) is 2.57. The molecule has 1 N–H and O–H groups in total. The maximum Gasteiger partial charge on any atom is 0.323 e. The normalized spacial score (nSPS) is 15.0. The number of thiol groups is 1. The maximum absolute atomic E-state index is 10.8. The molecule has 1 unspecified atom stereocenters. The molecule has 0 aliphatic rings. The average molecular weight is 217 g/mol. The van der Waals surface area contributed by atoms with Gasteiger partial charge in [-0.1, -0.05) is 23.7 Å². The highest BCUT2D eigenvalue weighted by Crippen LogP contribution is 2.28. The van der Waals surface area contributed by atoms with Crippen LogP contribution in [0.25, 0.3) is 0 Å². The molecule has 0 saturated heterocycles. The van der Waals surface area contributed by atoms with E-state index in [9.17, 15) is 4.79 Å². The number of carbonyl (C=O) groups is 1. The van der Waals surface area contributed by atoms with E-state index in [2.05, 4.69) is 12.6 Å². The van der Waals surface area contributed by atoms with Crippen molar-refractivity contribution in [1.29, 1.82) is 0 Å². The highest BCUT2D eigenvalue weighted by molar-refractivity contribution is 7.82. The molecule has 2 nitrogen and oxygen atoms in total. The van der Waals surface area contributed by atoms with E-state index in [4.69, 9.17) is 16.7 Å². The summed E-state index contributed by atoms with van der Waals surface area (Å²) in [4.78, 5) is 10.8. The van der Waals surface area contributed by atoms with E-state index in [1.165, 1.54) is 6.92 Å². The van der Waals surface area contributed by atoms with Crippen LogP contribution in [-0.4, -0.2) is 11.1 Å². The third kappa shape index (κ3) is 2.17. The summed E-state index contributed by atoms with van der Waals surface area (Å²) in [6.45, 7) is 1.53. The number of halogens is 1. The smallest absolute Gasteiger partial charge is 0.323 e. The zero-order chi connectivity index (χ0) is 10.1. The largest absolute Gasteiger partial charge is 0.480 e. The number of carboxylic acid groups (broad SMARTS) is 1. The number of rotatable bonds is 2. The van der Waals surface area contributed by atoms with E-state index in [0.717, 1.165) is 0 Å².